The molecule has 2 unspecified atom stereocenters. The Morgan fingerprint density at radius 1 is 1.37 bits per heavy atom. The van der Waals surface area contributed by atoms with Gasteiger partial charge in [-0.2, -0.15) is 0 Å². The van der Waals surface area contributed by atoms with Crippen molar-refractivity contribution < 1.29 is 14.9 Å². The number of phenolic OH excluding ortho intramolecular Hbond substituents is 1. The molecule has 2 rings (SSSR count). The summed E-state index contributed by atoms with van der Waals surface area (Å²) >= 11 is 0. The first-order valence-electron chi connectivity index (χ1n) is 6.85. The Kier molecular flexibility index (Phi) is 4.66. The summed E-state index contributed by atoms with van der Waals surface area (Å²) in [6.45, 7) is 4.02. The van der Waals surface area contributed by atoms with Crippen LogP contribution in [-0.2, 0) is 6.54 Å². The fraction of sp³-hybridized carbons (Fsp3) is 0.600. The number of nitrogens with zero attached hydrogens (tertiary/aromatic N) is 1. The second-order valence-corrected chi connectivity index (χ2v) is 5.37. The molecule has 0 amide bonds. The van der Waals surface area contributed by atoms with Crippen LogP contribution in [-0.4, -0.2) is 41.4 Å². The lowest BCUT2D eigenvalue weighted by molar-refractivity contribution is 0.0765. The van der Waals surface area contributed by atoms with Gasteiger partial charge in [-0.05, 0) is 31.7 Å². The molecule has 1 saturated heterocycles. The van der Waals surface area contributed by atoms with Crippen molar-refractivity contribution in [2.75, 3.05) is 20.3 Å². The zero-order valence-corrected chi connectivity index (χ0v) is 11.7. The van der Waals surface area contributed by atoms with Gasteiger partial charge in [-0.1, -0.05) is 12.1 Å². The third-order valence-corrected chi connectivity index (χ3v) is 4.04. The molecule has 0 spiro atoms. The lowest BCUT2D eigenvalue weighted by Gasteiger charge is -2.37. The second-order valence-electron chi connectivity index (χ2n) is 5.37. The van der Waals surface area contributed by atoms with Gasteiger partial charge < -0.3 is 14.9 Å². The number of likely N-dealkylation sites (tertiary alicyclic amines) is 1. The normalized spacial score (nSPS) is 24.4. The summed E-state index contributed by atoms with van der Waals surface area (Å²) in [5, 5.41) is 19.4. The Morgan fingerprint density at radius 3 is 2.84 bits per heavy atom. The molecule has 1 aromatic rings. The van der Waals surface area contributed by atoms with Crippen molar-refractivity contribution in [1.29, 1.82) is 0 Å². The average molecular weight is 265 g/mol. The zero-order chi connectivity index (χ0) is 13.8. The predicted octanol–water partition coefficient (Wildman–Crippen LogP) is 1.99. The number of piperidine rings is 1. The molecule has 2 N–H and O–H groups in total. The maximum atomic E-state index is 10.1. The van der Waals surface area contributed by atoms with E-state index in [2.05, 4.69) is 11.8 Å². The van der Waals surface area contributed by atoms with Gasteiger partial charge in [0.15, 0.2) is 11.5 Å². The van der Waals surface area contributed by atoms with E-state index in [1.807, 2.05) is 12.1 Å². The summed E-state index contributed by atoms with van der Waals surface area (Å²) < 4.78 is 5.14. The van der Waals surface area contributed by atoms with Crippen LogP contribution in [0.5, 0.6) is 11.5 Å². The van der Waals surface area contributed by atoms with Gasteiger partial charge in [0, 0.05) is 31.3 Å². The number of hydrogen-bond acceptors (Lipinski definition) is 4. The van der Waals surface area contributed by atoms with Crippen LogP contribution in [0, 0.1) is 5.92 Å². The highest BCUT2D eigenvalue weighted by atomic mass is 16.5. The molecule has 0 radical (unpaired) electrons. The van der Waals surface area contributed by atoms with Crippen molar-refractivity contribution >= 4 is 0 Å². The Balaban J connectivity index is 2.11. The predicted molar refractivity (Wildman–Crippen MR) is 74.3 cm³/mol. The number of aromatic hydroxyl groups is 1. The number of benzene rings is 1. The number of phenols is 1. The molecule has 1 fully saturated rings. The molecule has 1 aliphatic heterocycles. The Morgan fingerprint density at radius 2 is 2.16 bits per heavy atom. The van der Waals surface area contributed by atoms with Gasteiger partial charge in [0.1, 0.15) is 0 Å². The number of ether oxygens (including phenoxy) is 1. The minimum atomic E-state index is 0.225. The molecule has 4 nitrogen and oxygen atoms in total. The van der Waals surface area contributed by atoms with E-state index >= 15 is 0 Å². The SMILES string of the molecule is COc1cccc(CN2CC(CO)CCC2C)c1O. The van der Waals surface area contributed by atoms with Crippen molar-refractivity contribution in [2.24, 2.45) is 5.92 Å². The van der Waals surface area contributed by atoms with Gasteiger partial charge in [0.05, 0.1) is 7.11 Å². The molecular formula is C15H23NO3. The molecule has 4 heteroatoms. The summed E-state index contributed by atoms with van der Waals surface area (Å²) in [7, 11) is 1.56. The van der Waals surface area contributed by atoms with Gasteiger partial charge in [0.2, 0.25) is 0 Å². The fourth-order valence-electron chi connectivity index (χ4n) is 2.71. The van der Waals surface area contributed by atoms with Crippen molar-refractivity contribution in [1.82, 2.24) is 4.90 Å². The van der Waals surface area contributed by atoms with Gasteiger partial charge >= 0.3 is 0 Å². The molecule has 0 aliphatic carbocycles. The number of aliphatic hydroxyl groups is 1. The zero-order valence-electron chi connectivity index (χ0n) is 11.7. The van der Waals surface area contributed by atoms with E-state index in [0.717, 1.165) is 24.9 Å². The third-order valence-electron chi connectivity index (χ3n) is 4.04. The van der Waals surface area contributed by atoms with Crippen LogP contribution >= 0.6 is 0 Å². The quantitative estimate of drug-likeness (QED) is 0.874. The van der Waals surface area contributed by atoms with Crippen molar-refractivity contribution in [3.05, 3.63) is 23.8 Å². The Bertz CT molecular complexity index is 422. The maximum absolute atomic E-state index is 10.1. The molecule has 0 bridgehead atoms. The van der Waals surface area contributed by atoms with Crippen molar-refractivity contribution in [2.45, 2.75) is 32.4 Å². The lowest BCUT2D eigenvalue weighted by Crippen LogP contribution is -2.42. The topological polar surface area (TPSA) is 52.9 Å². The molecule has 1 aliphatic rings. The van der Waals surface area contributed by atoms with E-state index < -0.39 is 0 Å². The highest BCUT2D eigenvalue weighted by Gasteiger charge is 2.25. The van der Waals surface area contributed by atoms with Crippen LogP contribution in [0.4, 0.5) is 0 Å². The van der Waals surface area contributed by atoms with Crippen LogP contribution < -0.4 is 4.74 Å². The molecule has 1 heterocycles. The summed E-state index contributed by atoms with van der Waals surface area (Å²) in [6, 6.07) is 6.06. The Labute approximate surface area is 114 Å². The number of para-hydroxylation sites is 1. The summed E-state index contributed by atoms with van der Waals surface area (Å²) in [5.41, 5.74) is 0.879. The van der Waals surface area contributed by atoms with Crippen LogP contribution in [0.15, 0.2) is 18.2 Å². The average Bonchev–Trinajstić information content (AvgIpc) is 2.43. The van der Waals surface area contributed by atoms with E-state index in [4.69, 9.17) is 4.74 Å². The minimum absolute atomic E-state index is 0.225. The first-order chi connectivity index (χ1) is 9.15. The monoisotopic (exact) mass is 265 g/mol. The smallest absolute Gasteiger partial charge is 0.162 e. The van der Waals surface area contributed by atoms with E-state index in [9.17, 15) is 10.2 Å². The highest BCUT2D eigenvalue weighted by molar-refractivity contribution is 5.45. The third kappa shape index (κ3) is 3.19. The molecule has 0 saturated carbocycles. The Hall–Kier alpha value is -1.26. The van der Waals surface area contributed by atoms with Crippen LogP contribution in [0.3, 0.4) is 0 Å². The molecule has 106 valence electrons. The highest BCUT2D eigenvalue weighted by Crippen LogP contribution is 2.32. The van der Waals surface area contributed by atoms with Crippen molar-refractivity contribution in [3.63, 3.8) is 0 Å². The first kappa shape index (κ1) is 14.2. The van der Waals surface area contributed by atoms with Gasteiger partial charge in [-0.3, -0.25) is 4.90 Å². The van der Waals surface area contributed by atoms with E-state index in [-0.39, 0.29) is 12.4 Å². The standard InChI is InChI=1S/C15H23NO3/c1-11-6-7-12(10-17)8-16(11)9-13-4-3-5-14(19-2)15(13)18/h3-5,11-12,17-18H,6-10H2,1-2H3. The van der Waals surface area contributed by atoms with Crippen LogP contribution in [0.1, 0.15) is 25.3 Å². The molecule has 0 aromatic heterocycles. The molecular weight excluding hydrogens is 242 g/mol. The largest absolute Gasteiger partial charge is 0.504 e. The number of aliphatic hydroxyl groups excluding tert-OH is 1. The van der Waals surface area contributed by atoms with Gasteiger partial charge in [-0.15, -0.1) is 0 Å². The summed E-state index contributed by atoms with van der Waals surface area (Å²) in [5.74, 6) is 1.09. The number of hydrogen-bond donors (Lipinski definition) is 2. The van der Waals surface area contributed by atoms with Gasteiger partial charge in [-0.25, -0.2) is 0 Å². The first-order valence-corrected chi connectivity index (χ1v) is 6.85. The second kappa shape index (κ2) is 6.26. The summed E-state index contributed by atoms with van der Waals surface area (Å²) in [6.07, 6.45) is 2.17. The van der Waals surface area contributed by atoms with Crippen LogP contribution in [0.2, 0.25) is 0 Å². The van der Waals surface area contributed by atoms with Crippen LogP contribution in [0.25, 0.3) is 0 Å². The minimum Gasteiger partial charge on any atom is -0.504 e. The van der Waals surface area contributed by atoms with E-state index in [1.165, 1.54) is 0 Å². The van der Waals surface area contributed by atoms with Crippen molar-refractivity contribution in [3.8, 4) is 11.5 Å². The van der Waals surface area contributed by atoms with E-state index in [0.29, 0.717) is 24.3 Å². The van der Waals surface area contributed by atoms with Gasteiger partial charge in [0.25, 0.3) is 0 Å². The van der Waals surface area contributed by atoms with E-state index in [1.54, 1.807) is 13.2 Å². The number of methoxy groups -OCH3 is 1. The maximum Gasteiger partial charge on any atom is 0.162 e. The summed E-state index contributed by atoms with van der Waals surface area (Å²) in [4.78, 5) is 2.32. The molecule has 19 heavy (non-hydrogen) atoms. The molecule has 2 atom stereocenters. The lowest BCUT2D eigenvalue weighted by atomic mass is 9.93. The number of rotatable bonds is 4. The molecule has 1 aromatic carbocycles. The fourth-order valence-corrected chi connectivity index (χ4v) is 2.71.